The lowest BCUT2D eigenvalue weighted by molar-refractivity contribution is -0.134. The summed E-state index contributed by atoms with van der Waals surface area (Å²) in [7, 11) is -3.52. The molecule has 1 saturated heterocycles. The highest BCUT2D eigenvalue weighted by molar-refractivity contribution is 7.91. The highest BCUT2D eigenvalue weighted by Gasteiger charge is 2.30. The number of ketones is 1. The fourth-order valence-corrected chi connectivity index (χ4v) is 5.61. The Morgan fingerprint density at radius 3 is 2.43 bits per heavy atom. The third-order valence-corrected chi connectivity index (χ3v) is 8.00. The standard InChI is InChI=1S/C21H22N2O5S2/c1-3-18(24)16(2)17-7-4-5-8-19(17)28-15-20(25)22-10-12-23(13-11-22)30(26,27)21-9-6-14-29-21/h3-9,14H,1-2,10-13,15H2. The second-order valence-corrected chi connectivity index (χ2v) is 9.66. The minimum atomic E-state index is -3.52. The second kappa shape index (κ2) is 9.38. The van der Waals surface area contributed by atoms with Gasteiger partial charge in [0.1, 0.15) is 9.96 Å². The molecule has 2 heterocycles. The number of sulfonamides is 1. The zero-order chi connectivity index (χ0) is 21.7. The molecule has 1 aliphatic heterocycles. The third kappa shape index (κ3) is 4.69. The van der Waals surface area contributed by atoms with E-state index < -0.39 is 10.0 Å². The number of carbonyl (C=O) groups excluding carboxylic acids is 2. The minimum absolute atomic E-state index is 0.218. The van der Waals surface area contributed by atoms with Crippen molar-refractivity contribution < 1.29 is 22.7 Å². The second-order valence-electron chi connectivity index (χ2n) is 6.55. The molecule has 1 amide bonds. The first kappa shape index (κ1) is 21.9. The maximum absolute atomic E-state index is 12.6. The van der Waals surface area contributed by atoms with Crippen LogP contribution in [0.5, 0.6) is 5.75 Å². The van der Waals surface area contributed by atoms with E-state index in [-0.39, 0.29) is 50.0 Å². The quantitative estimate of drug-likeness (QED) is 0.582. The van der Waals surface area contributed by atoms with E-state index in [4.69, 9.17) is 4.74 Å². The molecule has 1 aliphatic rings. The molecule has 158 valence electrons. The molecule has 0 bridgehead atoms. The molecule has 0 radical (unpaired) electrons. The van der Waals surface area contributed by atoms with Crippen molar-refractivity contribution in [3.8, 4) is 5.75 Å². The van der Waals surface area contributed by atoms with Crippen molar-refractivity contribution >= 4 is 38.6 Å². The highest BCUT2D eigenvalue weighted by atomic mass is 32.2. The van der Waals surface area contributed by atoms with Gasteiger partial charge in [0, 0.05) is 37.3 Å². The number of rotatable bonds is 8. The first-order chi connectivity index (χ1) is 14.3. The normalized spacial score (nSPS) is 14.9. The van der Waals surface area contributed by atoms with Gasteiger partial charge < -0.3 is 9.64 Å². The van der Waals surface area contributed by atoms with Gasteiger partial charge in [-0.15, -0.1) is 11.3 Å². The monoisotopic (exact) mass is 446 g/mol. The highest BCUT2D eigenvalue weighted by Crippen LogP contribution is 2.26. The number of benzene rings is 1. The maximum Gasteiger partial charge on any atom is 0.260 e. The summed E-state index contributed by atoms with van der Waals surface area (Å²) in [5.41, 5.74) is 0.738. The van der Waals surface area contributed by atoms with Crippen LogP contribution >= 0.6 is 11.3 Å². The van der Waals surface area contributed by atoms with Gasteiger partial charge in [-0.25, -0.2) is 8.42 Å². The molecule has 0 saturated carbocycles. The molecule has 0 aliphatic carbocycles. The molecule has 0 unspecified atom stereocenters. The van der Waals surface area contributed by atoms with Gasteiger partial charge in [0.15, 0.2) is 12.4 Å². The summed E-state index contributed by atoms with van der Waals surface area (Å²) in [5, 5.41) is 1.72. The van der Waals surface area contributed by atoms with Crippen molar-refractivity contribution in [3.63, 3.8) is 0 Å². The van der Waals surface area contributed by atoms with Gasteiger partial charge in [-0.05, 0) is 23.6 Å². The van der Waals surface area contributed by atoms with Gasteiger partial charge in [0.05, 0.1) is 0 Å². The molecule has 1 aromatic heterocycles. The average Bonchev–Trinajstić information content (AvgIpc) is 3.32. The topological polar surface area (TPSA) is 84.0 Å². The zero-order valence-corrected chi connectivity index (χ0v) is 18.0. The number of carbonyl (C=O) groups is 2. The largest absolute Gasteiger partial charge is 0.483 e. The molecule has 0 spiro atoms. The predicted octanol–water partition coefficient (Wildman–Crippen LogP) is 2.43. The first-order valence-electron chi connectivity index (χ1n) is 9.24. The molecule has 3 rings (SSSR count). The number of hydrogen-bond donors (Lipinski definition) is 0. The SMILES string of the molecule is C=CC(=O)C(=C)c1ccccc1OCC(=O)N1CCN(S(=O)(=O)c2cccs2)CC1. The molecule has 30 heavy (non-hydrogen) atoms. The summed E-state index contributed by atoms with van der Waals surface area (Å²) >= 11 is 1.18. The third-order valence-electron chi connectivity index (χ3n) is 4.73. The van der Waals surface area contributed by atoms with Crippen LogP contribution in [0, 0.1) is 0 Å². The maximum atomic E-state index is 12.6. The Bertz CT molecular complexity index is 1050. The zero-order valence-electron chi connectivity index (χ0n) is 16.3. The summed E-state index contributed by atoms with van der Waals surface area (Å²) in [6.45, 7) is 8.04. The number of nitrogens with zero attached hydrogens (tertiary/aromatic N) is 2. The smallest absolute Gasteiger partial charge is 0.260 e. The van der Waals surface area contributed by atoms with Crippen LogP contribution in [0.1, 0.15) is 5.56 Å². The van der Waals surface area contributed by atoms with E-state index in [1.165, 1.54) is 21.7 Å². The molecule has 2 aromatic rings. The lowest BCUT2D eigenvalue weighted by Crippen LogP contribution is -2.51. The Morgan fingerprint density at radius 2 is 1.80 bits per heavy atom. The van der Waals surface area contributed by atoms with Gasteiger partial charge in [-0.1, -0.05) is 37.4 Å². The van der Waals surface area contributed by atoms with Gasteiger partial charge in [-0.3, -0.25) is 9.59 Å². The van der Waals surface area contributed by atoms with Crippen LogP contribution in [0.2, 0.25) is 0 Å². The minimum Gasteiger partial charge on any atom is -0.483 e. The fraction of sp³-hybridized carbons (Fsp3) is 0.238. The number of piperazine rings is 1. The van der Waals surface area contributed by atoms with E-state index in [1.54, 1.807) is 46.7 Å². The molecular formula is C21H22N2O5S2. The molecular weight excluding hydrogens is 424 g/mol. The van der Waals surface area contributed by atoms with E-state index in [9.17, 15) is 18.0 Å². The van der Waals surface area contributed by atoms with E-state index in [2.05, 4.69) is 13.2 Å². The Labute approximate surface area is 179 Å². The Morgan fingerprint density at radius 1 is 1.10 bits per heavy atom. The number of hydrogen-bond acceptors (Lipinski definition) is 6. The Hall–Kier alpha value is -2.75. The van der Waals surface area contributed by atoms with Crippen molar-refractivity contribution in [1.82, 2.24) is 9.21 Å². The van der Waals surface area contributed by atoms with Crippen molar-refractivity contribution in [2.24, 2.45) is 0 Å². The van der Waals surface area contributed by atoms with Gasteiger partial charge >= 0.3 is 0 Å². The van der Waals surface area contributed by atoms with E-state index >= 15 is 0 Å². The van der Waals surface area contributed by atoms with Crippen LogP contribution in [0.15, 0.2) is 65.2 Å². The van der Waals surface area contributed by atoms with Crippen molar-refractivity contribution in [3.05, 3.63) is 66.6 Å². The predicted molar refractivity (Wildman–Crippen MR) is 116 cm³/mol. The number of ether oxygens (including phenoxy) is 1. The molecule has 1 aromatic carbocycles. The van der Waals surface area contributed by atoms with Crippen LogP contribution in [0.4, 0.5) is 0 Å². The molecule has 7 nitrogen and oxygen atoms in total. The lowest BCUT2D eigenvalue weighted by atomic mass is 10.0. The van der Waals surface area contributed by atoms with Crippen LogP contribution in [-0.4, -0.2) is 62.1 Å². The van der Waals surface area contributed by atoms with Crippen LogP contribution in [-0.2, 0) is 19.6 Å². The average molecular weight is 447 g/mol. The number of para-hydroxylation sites is 1. The Kier molecular flexibility index (Phi) is 6.86. The van der Waals surface area contributed by atoms with Gasteiger partial charge in [0.25, 0.3) is 15.9 Å². The fourth-order valence-electron chi connectivity index (χ4n) is 3.04. The molecule has 9 heteroatoms. The van der Waals surface area contributed by atoms with Crippen molar-refractivity contribution in [2.45, 2.75) is 4.21 Å². The Balaban J connectivity index is 1.58. The van der Waals surface area contributed by atoms with E-state index in [0.29, 0.717) is 15.5 Å². The summed E-state index contributed by atoms with van der Waals surface area (Å²) in [4.78, 5) is 26.0. The number of allylic oxidation sites excluding steroid dienone is 2. The van der Waals surface area contributed by atoms with Crippen molar-refractivity contribution in [1.29, 1.82) is 0 Å². The lowest BCUT2D eigenvalue weighted by Gasteiger charge is -2.33. The molecule has 0 atom stereocenters. The van der Waals surface area contributed by atoms with E-state index in [1.807, 2.05) is 0 Å². The summed E-state index contributed by atoms with van der Waals surface area (Å²) in [6, 6.07) is 10.1. The van der Waals surface area contributed by atoms with Crippen LogP contribution in [0.3, 0.4) is 0 Å². The van der Waals surface area contributed by atoms with Gasteiger partial charge in [0.2, 0.25) is 0 Å². The van der Waals surface area contributed by atoms with Crippen LogP contribution in [0.25, 0.3) is 5.57 Å². The first-order valence-corrected chi connectivity index (χ1v) is 11.6. The summed E-state index contributed by atoms with van der Waals surface area (Å²) in [6.07, 6.45) is 1.17. The summed E-state index contributed by atoms with van der Waals surface area (Å²) in [5.74, 6) is -0.191. The van der Waals surface area contributed by atoms with Gasteiger partial charge in [-0.2, -0.15) is 4.31 Å². The van der Waals surface area contributed by atoms with E-state index in [0.717, 1.165) is 0 Å². The molecule has 0 N–H and O–H groups in total. The molecule has 1 fully saturated rings. The van der Waals surface area contributed by atoms with Crippen molar-refractivity contribution in [2.75, 3.05) is 32.8 Å². The number of thiophene rings is 1. The number of amides is 1. The summed E-state index contributed by atoms with van der Waals surface area (Å²) < 4.78 is 32.5. The van der Waals surface area contributed by atoms with Crippen LogP contribution < -0.4 is 4.74 Å².